The highest BCUT2D eigenvalue weighted by Crippen LogP contribution is 2.27. The van der Waals surface area contributed by atoms with Gasteiger partial charge in [0.2, 0.25) is 11.8 Å². The molecular weight excluding hydrogens is 384 g/mol. The summed E-state index contributed by atoms with van der Waals surface area (Å²) in [6.07, 6.45) is 0.899. The normalized spacial score (nSPS) is 16.4. The zero-order chi connectivity index (χ0) is 21.1. The first-order valence-electron chi connectivity index (χ1n) is 10.1. The Morgan fingerprint density at radius 1 is 0.900 bits per heavy atom. The maximum Gasteiger partial charge on any atom is 0.273 e. The molecular formula is C22H24N4O4. The first-order valence-corrected chi connectivity index (χ1v) is 10.1. The molecule has 4 rings (SSSR count). The van der Waals surface area contributed by atoms with Gasteiger partial charge in [0.1, 0.15) is 0 Å². The second-order valence-corrected chi connectivity index (χ2v) is 7.64. The van der Waals surface area contributed by atoms with Gasteiger partial charge in [-0.25, -0.2) is 0 Å². The zero-order valence-corrected chi connectivity index (χ0v) is 16.7. The SMILES string of the molecule is O=C(Cc1ccccc1[N+](=O)[O-])N1CCN(CC(=O)N2CCc3ccccc32)CC1. The highest BCUT2D eigenvalue weighted by molar-refractivity contribution is 5.96. The number of nitro benzene ring substituents is 1. The molecule has 2 amide bonds. The van der Waals surface area contributed by atoms with E-state index in [1.807, 2.05) is 23.1 Å². The van der Waals surface area contributed by atoms with E-state index in [1.165, 1.54) is 11.6 Å². The lowest BCUT2D eigenvalue weighted by Gasteiger charge is -2.35. The molecule has 8 nitrogen and oxygen atoms in total. The number of carbonyl (C=O) groups excluding carboxylic acids is 2. The summed E-state index contributed by atoms with van der Waals surface area (Å²) in [5, 5.41) is 11.1. The summed E-state index contributed by atoms with van der Waals surface area (Å²) in [5.74, 6) is -0.0385. The van der Waals surface area contributed by atoms with Crippen molar-refractivity contribution in [2.45, 2.75) is 12.8 Å². The third-order valence-corrected chi connectivity index (χ3v) is 5.80. The first-order chi connectivity index (χ1) is 14.5. The van der Waals surface area contributed by atoms with Crippen LogP contribution in [0.1, 0.15) is 11.1 Å². The number of piperazine rings is 1. The van der Waals surface area contributed by atoms with Crippen LogP contribution in [0, 0.1) is 10.1 Å². The lowest BCUT2D eigenvalue weighted by atomic mass is 10.1. The summed E-state index contributed by atoms with van der Waals surface area (Å²) < 4.78 is 0. The van der Waals surface area contributed by atoms with Crippen LogP contribution in [0.5, 0.6) is 0 Å². The van der Waals surface area contributed by atoms with Crippen LogP contribution in [0.2, 0.25) is 0 Å². The molecule has 0 aliphatic carbocycles. The van der Waals surface area contributed by atoms with Crippen molar-refractivity contribution < 1.29 is 14.5 Å². The van der Waals surface area contributed by atoms with Gasteiger partial charge in [-0.15, -0.1) is 0 Å². The Bertz CT molecular complexity index is 969. The van der Waals surface area contributed by atoms with E-state index in [-0.39, 0.29) is 23.9 Å². The third-order valence-electron chi connectivity index (χ3n) is 5.80. The summed E-state index contributed by atoms with van der Waals surface area (Å²) in [4.78, 5) is 41.7. The van der Waals surface area contributed by atoms with Gasteiger partial charge in [0.05, 0.1) is 17.9 Å². The maximum atomic E-state index is 12.8. The largest absolute Gasteiger partial charge is 0.340 e. The highest BCUT2D eigenvalue weighted by Gasteiger charge is 2.28. The molecule has 0 saturated carbocycles. The van der Waals surface area contributed by atoms with Crippen LogP contribution >= 0.6 is 0 Å². The Labute approximate surface area is 174 Å². The van der Waals surface area contributed by atoms with E-state index in [4.69, 9.17) is 0 Å². The predicted octanol–water partition coefficient (Wildman–Crippen LogP) is 1.87. The number of anilines is 1. The Balaban J connectivity index is 1.30. The van der Waals surface area contributed by atoms with Gasteiger partial charge in [-0.1, -0.05) is 36.4 Å². The van der Waals surface area contributed by atoms with Crippen molar-refractivity contribution in [3.05, 3.63) is 69.8 Å². The molecule has 2 aliphatic heterocycles. The molecule has 2 aromatic rings. The molecule has 0 spiro atoms. The minimum absolute atomic E-state index is 0.0145. The lowest BCUT2D eigenvalue weighted by Crippen LogP contribution is -2.51. The van der Waals surface area contributed by atoms with Crippen molar-refractivity contribution in [1.82, 2.24) is 9.80 Å². The molecule has 156 valence electrons. The Hall–Kier alpha value is -3.26. The van der Waals surface area contributed by atoms with E-state index < -0.39 is 4.92 Å². The lowest BCUT2D eigenvalue weighted by molar-refractivity contribution is -0.385. The quantitative estimate of drug-likeness (QED) is 0.557. The fraction of sp³-hybridized carbons (Fsp3) is 0.364. The topological polar surface area (TPSA) is 87.0 Å². The molecule has 8 heteroatoms. The summed E-state index contributed by atoms with van der Waals surface area (Å²) in [6, 6.07) is 14.3. The van der Waals surface area contributed by atoms with Gasteiger partial charge in [-0.2, -0.15) is 0 Å². The van der Waals surface area contributed by atoms with E-state index in [9.17, 15) is 19.7 Å². The molecule has 0 aromatic heterocycles. The second-order valence-electron chi connectivity index (χ2n) is 7.64. The number of hydrogen-bond acceptors (Lipinski definition) is 5. The van der Waals surface area contributed by atoms with Crippen LogP contribution in [0.3, 0.4) is 0 Å². The monoisotopic (exact) mass is 408 g/mol. The first kappa shape index (κ1) is 20.0. The molecule has 0 atom stereocenters. The highest BCUT2D eigenvalue weighted by atomic mass is 16.6. The number of benzene rings is 2. The number of hydrogen-bond donors (Lipinski definition) is 0. The number of carbonyl (C=O) groups is 2. The molecule has 1 fully saturated rings. The molecule has 1 saturated heterocycles. The van der Waals surface area contributed by atoms with Crippen molar-refractivity contribution in [1.29, 1.82) is 0 Å². The fourth-order valence-corrected chi connectivity index (χ4v) is 4.14. The maximum absolute atomic E-state index is 12.8. The standard InChI is InChI=1S/C22H24N4O4/c27-21(15-18-6-2-4-8-20(18)26(29)30)24-13-11-23(12-14-24)16-22(28)25-10-9-17-5-1-3-7-19(17)25/h1-8H,9-16H2. The summed E-state index contributed by atoms with van der Waals surface area (Å²) >= 11 is 0. The average Bonchev–Trinajstić information content (AvgIpc) is 3.19. The van der Waals surface area contributed by atoms with Gasteiger partial charge < -0.3 is 9.80 Å². The minimum Gasteiger partial charge on any atom is -0.340 e. The number of para-hydroxylation sites is 2. The molecule has 0 bridgehead atoms. The molecule has 2 heterocycles. The van der Waals surface area contributed by atoms with Crippen LogP contribution in [-0.4, -0.2) is 65.8 Å². The molecule has 30 heavy (non-hydrogen) atoms. The molecule has 2 aromatic carbocycles. The van der Waals surface area contributed by atoms with Gasteiger partial charge in [-0.3, -0.25) is 24.6 Å². The van der Waals surface area contributed by atoms with E-state index in [1.54, 1.807) is 23.1 Å². The van der Waals surface area contributed by atoms with Crippen molar-refractivity contribution in [3.63, 3.8) is 0 Å². The predicted molar refractivity (Wildman–Crippen MR) is 112 cm³/mol. The molecule has 0 radical (unpaired) electrons. The Morgan fingerprint density at radius 3 is 2.37 bits per heavy atom. The smallest absolute Gasteiger partial charge is 0.273 e. The van der Waals surface area contributed by atoms with Gasteiger partial charge >= 0.3 is 0 Å². The van der Waals surface area contributed by atoms with Crippen LogP contribution in [0.4, 0.5) is 11.4 Å². The van der Waals surface area contributed by atoms with Crippen molar-refractivity contribution in [2.24, 2.45) is 0 Å². The van der Waals surface area contributed by atoms with Gasteiger partial charge in [0.15, 0.2) is 0 Å². The fourth-order valence-electron chi connectivity index (χ4n) is 4.14. The molecule has 0 N–H and O–H groups in total. The van der Waals surface area contributed by atoms with Gasteiger partial charge in [0, 0.05) is 50.0 Å². The summed E-state index contributed by atoms with van der Waals surface area (Å²) in [7, 11) is 0. The van der Waals surface area contributed by atoms with Crippen LogP contribution in [0.15, 0.2) is 48.5 Å². The van der Waals surface area contributed by atoms with Crippen molar-refractivity contribution in [2.75, 3.05) is 44.2 Å². The van der Waals surface area contributed by atoms with Crippen LogP contribution in [0.25, 0.3) is 0 Å². The summed E-state index contributed by atoms with van der Waals surface area (Å²) in [5.41, 5.74) is 2.61. The number of nitro groups is 1. The number of rotatable bonds is 5. The van der Waals surface area contributed by atoms with Crippen molar-refractivity contribution in [3.8, 4) is 0 Å². The number of nitrogens with zero attached hydrogens (tertiary/aromatic N) is 4. The van der Waals surface area contributed by atoms with E-state index in [0.717, 1.165) is 12.1 Å². The minimum atomic E-state index is -0.456. The van der Waals surface area contributed by atoms with Crippen LogP contribution in [-0.2, 0) is 22.4 Å². The van der Waals surface area contributed by atoms with Gasteiger partial charge in [-0.05, 0) is 18.1 Å². The molecule has 0 unspecified atom stereocenters. The zero-order valence-electron chi connectivity index (χ0n) is 16.7. The number of amides is 2. The second kappa shape index (κ2) is 8.62. The summed E-state index contributed by atoms with van der Waals surface area (Å²) in [6.45, 7) is 3.31. The van der Waals surface area contributed by atoms with Crippen LogP contribution < -0.4 is 4.90 Å². The van der Waals surface area contributed by atoms with Crippen molar-refractivity contribution >= 4 is 23.2 Å². The average molecular weight is 408 g/mol. The van der Waals surface area contributed by atoms with E-state index >= 15 is 0 Å². The van der Waals surface area contributed by atoms with E-state index in [2.05, 4.69) is 11.0 Å². The van der Waals surface area contributed by atoms with Gasteiger partial charge in [0.25, 0.3) is 5.69 Å². The molecule has 2 aliphatic rings. The number of fused-ring (bicyclic) bond motifs is 1. The Kier molecular flexibility index (Phi) is 5.76. The third kappa shape index (κ3) is 4.18. The Morgan fingerprint density at radius 2 is 1.60 bits per heavy atom. The van der Waals surface area contributed by atoms with E-state index in [0.29, 0.717) is 44.8 Å².